The molecule has 0 amide bonds. The first-order valence-corrected chi connectivity index (χ1v) is 7.32. The number of benzene rings is 2. The highest BCUT2D eigenvalue weighted by atomic mass is 16.5. The van der Waals surface area contributed by atoms with Crippen molar-refractivity contribution < 1.29 is 24.2 Å². The molecule has 0 radical (unpaired) electrons. The summed E-state index contributed by atoms with van der Waals surface area (Å²) in [5.41, 5.74) is 1.90. The van der Waals surface area contributed by atoms with Crippen LogP contribution in [0.1, 0.15) is 27.0 Å². The number of carbonyl (C=O) groups is 2. The molecule has 0 saturated heterocycles. The second-order valence-electron chi connectivity index (χ2n) is 5.09. The summed E-state index contributed by atoms with van der Waals surface area (Å²) in [4.78, 5) is 23.3. The summed E-state index contributed by atoms with van der Waals surface area (Å²) in [7, 11) is 1.48. The van der Waals surface area contributed by atoms with Crippen molar-refractivity contribution in [3.05, 3.63) is 70.8 Å². The molecule has 24 heavy (non-hydrogen) atoms. The van der Waals surface area contributed by atoms with E-state index >= 15 is 0 Å². The van der Waals surface area contributed by atoms with Crippen molar-refractivity contribution in [2.24, 2.45) is 0 Å². The molecule has 0 heterocycles. The highest BCUT2D eigenvalue weighted by Crippen LogP contribution is 2.25. The Morgan fingerprint density at radius 1 is 1.12 bits per heavy atom. The van der Waals surface area contributed by atoms with Crippen LogP contribution in [0.4, 0.5) is 0 Å². The van der Waals surface area contributed by atoms with E-state index in [4.69, 9.17) is 9.47 Å². The normalized spacial score (nSPS) is 10.6. The van der Waals surface area contributed by atoms with E-state index in [2.05, 4.69) is 0 Å². The highest BCUT2D eigenvalue weighted by molar-refractivity contribution is 5.96. The van der Waals surface area contributed by atoms with Crippen LogP contribution >= 0.6 is 0 Å². The zero-order valence-electron chi connectivity index (χ0n) is 13.5. The van der Waals surface area contributed by atoms with E-state index in [1.54, 1.807) is 19.1 Å². The van der Waals surface area contributed by atoms with Crippen LogP contribution in [0.15, 0.2) is 48.5 Å². The third-order valence-electron chi connectivity index (χ3n) is 3.50. The number of ether oxygens (including phenoxy) is 2. The maximum atomic E-state index is 11.8. The van der Waals surface area contributed by atoms with Gasteiger partial charge in [-0.3, -0.25) is 0 Å². The van der Waals surface area contributed by atoms with Gasteiger partial charge in [-0.25, -0.2) is 9.59 Å². The summed E-state index contributed by atoms with van der Waals surface area (Å²) in [5, 5.41) is 9.38. The second kappa shape index (κ2) is 7.97. The first-order valence-electron chi connectivity index (χ1n) is 7.32. The van der Waals surface area contributed by atoms with Gasteiger partial charge >= 0.3 is 11.9 Å². The van der Waals surface area contributed by atoms with E-state index in [9.17, 15) is 14.7 Å². The van der Waals surface area contributed by atoms with Gasteiger partial charge in [0.2, 0.25) is 0 Å². The van der Waals surface area contributed by atoms with Crippen molar-refractivity contribution in [2.45, 2.75) is 13.5 Å². The molecule has 2 aromatic carbocycles. The Morgan fingerprint density at radius 3 is 2.46 bits per heavy atom. The standard InChI is InChI=1S/C19H18O5/c1-13-16(23-2)10-8-15(18(13)19(21)22)9-11-17(20)24-12-14-6-4-3-5-7-14/h3-11H,12H2,1-2H3,(H,21,22)/b11-9+. The predicted octanol–water partition coefficient (Wildman–Crippen LogP) is 3.46. The number of carboxylic acids is 1. The van der Waals surface area contributed by atoms with Gasteiger partial charge < -0.3 is 14.6 Å². The number of hydrogen-bond donors (Lipinski definition) is 1. The first-order chi connectivity index (χ1) is 11.5. The first kappa shape index (κ1) is 17.3. The molecule has 0 aliphatic carbocycles. The van der Waals surface area contributed by atoms with Gasteiger partial charge in [-0.1, -0.05) is 36.4 Å². The maximum Gasteiger partial charge on any atom is 0.336 e. The summed E-state index contributed by atoms with van der Waals surface area (Å²) in [6.07, 6.45) is 2.65. The van der Waals surface area contributed by atoms with Gasteiger partial charge in [-0.05, 0) is 30.2 Å². The summed E-state index contributed by atoms with van der Waals surface area (Å²) in [6.45, 7) is 1.82. The Labute approximate surface area is 140 Å². The number of rotatable bonds is 6. The fourth-order valence-corrected chi connectivity index (χ4v) is 2.29. The SMILES string of the molecule is COc1ccc(/C=C/C(=O)OCc2ccccc2)c(C(=O)O)c1C. The molecule has 0 aliphatic heterocycles. The third kappa shape index (κ3) is 4.23. The van der Waals surface area contributed by atoms with E-state index in [-0.39, 0.29) is 12.2 Å². The molecule has 5 nitrogen and oxygen atoms in total. The number of carboxylic acid groups (broad SMARTS) is 1. The molecule has 0 spiro atoms. The summed E-state index contributed by atoms with van der Waals surface area (Å²) < 4.78 is 10.3. The molecule has 124 valence electrons. The van der Waals surface area contributed by atoms with Gasteiger partial charge in [-0.2, -0.15) is 0 Å². The number of methoxy groups -OCH3 is 1. The van der Waals surface area contributed by atoms with E-state index in [1.807, 2.05) is 30.3 Å². The van der Waals surface area contributed by atoms with Crippen LogP contribution in [0.3, 0.4) is 0 Å². The minimum atomic E-state index is -1.08. The van der Waals surface area contributed by atoms with Gasteiger partial charge in [0, 0.05) is 11.6 Å². The van der Waals surface area contributed by atoms with E-state index in [1.165, 1.54) is 19.3 Å². The van der Waals surface area contributed by atoms with Crippen molar-refractivity contribution in [3.8, 4) is 5.75 Å². The lowest BCUT2D eigenvalue weighted by atomic mass is 10.0. The van der Waals surface area contributed by atoms with Crippen LogP contribution < -0.4 is 4.74 Å². The highest BCUT2D eigenvalue weighted by Gasteiger charge is 2.15. The Bertz CT molecular complexity index is 763. The lowest BCUT2D eigenvalue weighted by Gasteiger charge is -2.10. The molecule has 2 rings (SSSR count). The maximum absolute atomic E-state index is 11.8. The third-order valence-corrected chi connectivity index (χ3v) is 3.50. The Hall–Kier alpha value is -3.08. The van der Waals surface area contributed by atoms with Crippen LogP contribution in [-0.2, 0) is 16.1 Å². The van der Waals surface area contributed by atoms with Gasteiger partial charge in [0.25, 0.3) is 0 Å². The van der Waals surface area contributed by atoms with Gasteiger partial charge in [0.15, 0.2) is 0 Å². The van der Waals surface area contributed by atoms with Crippen molar-refractivity contribution in [1.29, 1.82) is 0 Å². The molecule has 0 atom stereocenters. The van der Waals surface area contributed by atoms with Gasteiger partial charge in [0.1, 0.15) is 12.4 Å². The smallest absolute Gasteiger partial charge is 0.336 e. The average Bonchev–Trinajstić information content (AvgIpc) is 2.58. The molecule has 1 N–H and O–H groups in total. The van der Waals surface area contributed by atoms with E-state index in [0.29, 0.717) is 16.9 Å². The summed E-state index contributed by atoms with van der Waals surface area (Å²) in [6, 6.07) is 12.6. The molecule has 0 bridgehead atoms. The monoisotopic (exact) mass is 326 g/mol. The van der Waals surface area contributed by atoms with Gasteiger partial charge in [0.05, 0.1) is 12.7 Å². The van der Waals surface area contributed by atoms with E-state index < -0.39 is 11.9 Å². The van der Waals surface area contributed by atoms with Crippen molar-refractivity contribution >= 4 is 18.0 Å². The van der Waals surface area contributed by atoms with Crippen LogP contribution in [0.5, 0.6) is 5.75 Å². The molecular weight excluding hydrogens is 308 g/mol. The lowest BCUT2D eigenvalue weighted by Crippen LogP contribution is -2.05. The Morgan fingerprint density at radius 2 is 1.83 bits per heavy atom. The van der Waals surface area contributed by atoms with Crippen molar-refractivity contribution in [2.75, 3.05) is 7.11 Å². The summed E-state index contributed by atoms with van der Waals surface area (Å²) in [5.74, 6) is -1.14. The van der Waals surface area contributed by atoms with Crippen LogP contribution in [-0.4, -0.2) is 24.2 Å². The number of aromatic carboxylic acids is 1. The Kier molecular flexibility index (Phi) is 5.73. The van der Waals surface area contributed by atoms with Crippen molar-refractivity contribution in [3.63, 3.8) is 0 Å². The molecular formula is C19H18O5. The molecule has 0 saturated carbocycles. The zero-order valence-corrected chi connectivity index (χ0v) is 13.5. The molecule has 5 heteroatoms. The molecule has 0 aliphatic rings. The molecule has 0 unspecified atom stereocenters. The molecule has 0 aromatic heterocycles. The van der Waals surface area contributed by atoms with Crippen LogP contribution in [0, 0.1) is 6.92 Å². The molecule has 2 aromatic rings. The predicted molar refractivity (Wildman–Crippen MR) is 90.0 cm³/mol. The van der Waals surface area contributed by atoms with Crippen LogP contribution in [0.25, 0.3) is 6.08 Å². The largest absolute Gasteiger partial charge is 0.496 e. The number of carbonyl (C=O) groups excluding carboxylic acids is 1. The lowest BCUT2D eigenvalue weighted by molar-refractivity contribution is -0.138. The minimum Gasteiger partial charge on any atom is -0.496 e. The number of esters is 1. The molecule has 0 fully saturated rings. The Balaban J connectivity index is 2.12. The fraction of sp³-hybridized carbons (Fsp3) is 0.158. The number of hydrogen-bond acceptors (Lipinski definition) is 4. The quantitative estimate of drug-likeness (QED) is 0.650. The van der Waals surface area contributed by atoms with Gasteiger partial charge in [-0.15, -0.1) is 0 Å². The van der Waals surface area contributed by atoms with Crippen molar-refractivity contribution in [1.82, 2.24) is 0 Å². The zero-order chi connectivity index (χ0) is 17.5. The minimum absolute atomic E-state index is 0.0986. The second-order valence-corrected chi connectivity index (χ2v) is 5.09. The average molecular weight is 326 g/mol. The topological polar surface area (TPSA) is 72.8 Å². The van der Waals surface area contributed by atoms with E-state index in [0.717, 1.165) is 5.56 Å². The summed E-state index contributed by atoms with van der Waals surface area (Å²) >= 11 is 0. The van der Waals surface area contributed by atoms with Crippen LogP contribution in [0.2, 0.25) is 0 Å². The fourth-order valence-electron chi connectivity index (χ4n) is 2.29.